The van der Waals surface area contributed by atoms with Gasteiger partial charge in [-0.25, -0.2) is 0 Å². The summed E-state index contributed by atoms with van der Waals surface area (Å²) in [5.74, 6) is 1.26. The largest absolute Gasteiger partial charge is 0.459 e. The molecule has 2 unspecified atom stereocenters. The van der Waals surface area contributed by atoms with Gasteiger partial charge in [0.05, 0.1) is 18.6 Å². The van der Waals surface area contributed by atoms with Gasteiger partial charge in [0, 0.05) is 6.61 Å². The summed E-state index contributed by atoms with van der Waals surface area (Å²) in [6.07, 6.45) is 1.73. The van der Waals surface area contributed by atoms with Crippen LogP contribution in [0.3, 0.4) is 0 Å². The van der Waals surface area contributed by atoms with E-state index in [1.807, 2.05) is 20.8 Å². The van der Waals surface area contributed by atoms with Crippen molar-refractivity contribution < 1.29 is 19.4 Å². The number of aliphatic hydroxyl groups is 1. The first-order chi connectivity index (χ1) is 8.79. The smallest absolute Gasteiger partial charge is 0.314 e. The van der Waals surface area contributed by atoms with E-state index >= 15 is 0 Å². The number of carbonyl (C=O) groups excluding carboxylic acids is 1. The molecule has 3 atom stereocenters. The van der Waals surface area contributed by atoms with Gasteiger partial charge in [-0.1, -0.05) is 6.92 Å². The van der Waals surface area contributed by atoms with E-state index in [0.29, 0.717) is 31.0 Å². The molecule has 0 aromatic heterocycles. The Morgan fingerprint density at radius 3 is 2.37 bits per heavy atom. The predicted octanol–water partition coefficient (Wildman–Crippen LogP) is 2.00. The van der Waals surface area contributed by atoms with Crippen LogP contribution in [0, 0.1) is 23.2 Å². The molecule has 4 nitrogen and oxygen atoms in total. The molecule has 2 aliphatic rings. The van der Waals surface area contributed by atoms with E-state index in [2.05, 4.69) is 6.92 Å². The van der Waals surface area contributed by atoms with Gasteiger partial charge in [0.1, 0.15) is 5.60 Å². The molecule has 2 saturated carbocycles. The van der Waals surface area contributed by atoms with Gasteiger partial charge in [-0.3, -0.25) is 4.79 Å². The first-order valence-corrected chi connectivity index (χ1v) is 7.21. The average molecular weight is 270 g/mol. The summed E-state index contributed by atoms with van der Waals surface area (Å²) < 4.78 is 11.2. The zero-order chi connectivity index (χ0) is 14.3. The van der Waals surface area contributed by atoms with E-state index in [9.17, 15) is 4.79 Å². The first kappa shape index (κ1) is 14.8. The Balaban J connectivity index is 1.72. The van der Waals surface area contributed by atoms with Crippen LogP contribution in [0.25, 0.3) is 0 Å². The fourth-order valence-electron chi connectivity index (χ4n) is 2.55. The highest BCUT2D eigenvalue weighted by atomic mass is 16.6. The lowest BCUT2D eigenvalue weighted by atomic mass is 10.1. The van der Waals surface area contributed by atoms with E-state index in [0.717, 1.165) is 12.8 Å². The highest BCUT2D eigenvalue weighted by molar-refractivity contribution is 5.80. The average Bonchev–Trinajstić information content (AvgIpc) is 3.16. The van der Waals surface area contributed by atoms with Crippen molar-refractivity contribution in [3.63, 3.8) is 0 Å². The van der Waals surface area contributed by atoms with E-state index in [4.69, 9.17) is 14.6 Å². The van der Waals surface area contributed by atoms with Crippen LogP contribution in [0.15, 0.2) is 0 Å². The van der Waals surface area contributed by atoms with Crippen molar-refractivity contribution in [2.75, 3.05) is 19.8 Å². The van der Waals surface area contributed by atoms with E-state index < -0.39 is 5.60 Å². The molecule has 0 heterocycles. The Morgan fingerprint density at radius 2 is 1.95 bits per heavy atom. The lowest BCUT2D eigenvalue weighted by Crippen LogP contribution is -2.32. The first-order valence-electron chi connectivity index (χ1n) is 7.21. The third kappa shape index (κ3) is 3.48. The number of hydrogen-bond donors (Lipinski definition) is 1. The fourth-order valence-corrected chi connectivity index (χ4v) is 2.55. The molecule has 0 amide bonds. The Kier molecular flexibility index (Phi) is 3.94. The van der Waals surface area contributed by atoms with Gasteiger partial charge in [0.15, 0.2) is 0 Å². The quantitative estimate of drug-likeness (QED) is 0.750. The molecule has 19 heavy (non-hydrogen) atoms. The van der Waals surface area contributed by atoms with Crippen molar-refractivity contribution in [3.05, 3.63) is 0 Å². The Hall–Kier alpha value is -0.610. The van der Waals surface area contributed by atoms with Crippen LogP contribution in [-0.2, 0) is 14.3 Å². The number of aliphatic hydroxyl groups excluding tert-OH is 1. The van der Waals surface area contributed by atoms with Crippen LogP contribution in [0.2, 0.25) is 0 Å². The maximum absolute atomic E-state index is 12.1. The molecule has 0 aromatic rings. The lowest BCUT2D eigenvalue weighted by molar-refractivity contribution is -0.164. The van der Waals surface area contributed by atoms with Crippen molar-refractivity contribution >= 4 is 5.97 Å². The maximum Gasteiger partial charge on any atom is 0.314 e. The summed E-state index contributed by atoms with van der Waals surface area (Å²) in [5, 5.41) is 9.10. The monoisotopic (exact) mass is 270 g/mol. The second-order valence-corrected chi connectivity index (χ2v) is 7.17. The summed E-state index contributed by atoms with van der Waals surface area (Å²) >= 11 is 0. The number of ether oxygens (including phenoxy) is 2. The molecule has 2 rings (SSSR count). The van der Waals surface area contributed by atoms with Crippen LogP contribution >= 0.6 is 0 Å². The normalized spacial score (nSPS) is 31.9. The van der Waals surface area contributed by atoms with Crippen molar-refractivity contribution in [2.45, 2.75) is 46.1 Å². The molecular formula is C15H26O4. The summed E-state index contributed by atoms with van der Waals surface area (Å²) in [6.45, 7) is 9.15. The molecule has 0 aromatic carbocycles. The van der Waals surface area contributed by atoms with E-state index in [-0.39, 0.29) is 18.0 Å². The van der Waals surface area contributed by atoms with Gasteiger partial charge in [-0.2, -0.15) is 0 Å². The minimum Gasteiger partial charge on any atom is -0.459 e. The summed E-state index contributed by atoms with van der Waals surface area (Å²) in [6, 6.07) is 0. The van der Waals surface area contributed by atoms with Crippen molar-refractivity contribution in [1.82, 2.24) is 0 Å². The highest BCUT2D eigenvalue weighted by Crippen LogP contribution is 2.49. The number of hydrogen-bond acceptors (Lipinski definition) is 4. The Bertz CT molecular complexity index is 341. The van der Waals surface area contributed by atoms with Gasteiger partial charge in [0.2, 0.25) is 0 Å². The molecule has 0 spiro atoms. The molecule has 0 bridgehead atoms. The minimum atomic E-state index is -0.431. The van der Waals surface area contributed by atoms with Gasteiger partial charge < -0.3 is 14.6 Å². The van der Waals surface area contributed by atoms with Crippen molar-refractivity contribution in [3.8, 4) is 0 Å². The molecule has 0 saturated heterocycles. The van der Waals surface area contributed by atoms with Crippen molar-refractivity contribution in [2.24, 2.45) is 23.2 Å². The zero-order valence-corrected chi connectivity index (χ0v) is 12.4. The molecule has 2 aliphatic carbocycles. The predicted molar refractivity (Wildman–Crippen MR) is 71.6 cm³/mol. The van der Waals surface area contributed by atoms with Gasteiger partial charge in [0.25, 0.3) is 0 Å². The molecule has 1 N–H and O–H groups in total. The summed E-state index contributed by atoms with van der Waals surface area (Å²) in [4.78, 5) is 12.1. The van der Waals surface area contributed by atoms with Crippen LogP contribution in [-0.4, -0.2) is 36.5 Å². The van der Waals surface area contributed by atoms with Crippen LogP contribution < -0.4 is 0 Å². The second kappa shape index (κ2) is 5.06. The Labute approximate surface area is 115 Å². The number of esters is 1. The molecule has 110 valence electrons. The lowest BCUT2D eigenvalue weighted by Gasteiger charge is -2.23. The standard InChI is InChI=1S/C15H26O4/c1-10-11(7-16)12(10)8-18-9-15(5-6-15)13(17)19-14(2,3)4/h10-12,16H,5-9H2,1-4H3/t10-,11?,12?/m1/s1. The maximum atomic E-state index is 12.1. The van der Waals surface area contributed by atoms with Gasteiger partial charge in [-0.15, -0.1) is 0 Å². The molecule has 4 heteroatoms. The molecule has 0 radical (unpaired) electrons. The van der Waals surface area contributed by atoms with Crippen LogP contribution in [0.1, 0.15) is 40.5 Å². The van der Waals surface area contributed by atoms with Gasteiger partial charge in [-0.05, 0) is 51.4 Å². The minimum absolute atomic E-state index is 0.123. The highest BCUT2D eigenvalue weighted by Gasteiger charge is 2.53. The molecule has 0 aliphatic heterocycles. The van der Waals surface area contributed by atoms with E-state index in [1.165, 1.54) is 0 Å². The summed E-state index contributed by atoms with van der Waals surface area (Å²) in [7, 11) is 0. The third-order valence-electron chi connectivity index (χ3n) is 4.34. The second-order valence-electron chi connectivity index (χ2n) is 7.17. The number of rotatable bonds is 6. The SMILES string of the molecule is C[C@@H]1C(CO)C1COCC1(C(=O)OC(C)(C)C)CC1. The topological polar surface area (TPSA) is 55.8 Å². The third-order valence-corrected chi connectivity index (χ3v) is 4.34. The van der Waals surface area contributed by atoms with Crippen LogP contribution in [0.5, 0.6) is 0 Å². The molecule has 2 fully saturated rings. The van der Waals surface area contributed by atoms with Crippen LogP contribution in [0.4, 0.5) is 0 Å². The molecular weight excluding hydrogens is 244 g/mol. The fraction of sp³-hybridized carbons (Fsp3) is 0.933. The number of carbonyl (C=O) groups is 1. The summed E-state index contributed by atoms with van der Waals surface area (Å²) in [5.41, 5.74) is -0.820. The van der Waals surface area contributed by atoms with Crippen molar-refractivity contribution in [1.29, 1.82) is 0 Å². The van der Waals surface area contributed by atoms with E-state index in [1.54, 1.807) is 0 Å². The van der Waals surface area contributed by atoms with Gasteiger partial charge >= 0.3 is 5.97 Å². The Morgan fingerprint density at radius 1 is 1.32 bits per heavy atom. The zero-order valence-electron chi connectivity index (χ0n) is 12.4.